The molecule has 0 amide bonds. The first-order valence-corrected chi connectivity index (χ1v) is 8.43. The molecule has 0 unspecified atom stereocenters. The van der Waals surface area contributed by atoms with Crippen molar-refractivity contribution in [3.63, 3.8) is 0 Å². The molecule has 24 heavy (non-hydrogen) atoms. The second-order valence-electron chi connectivity index (χ2n) is 5.79. The summed E-state index contributed by atoms with van der Waals surface area (Å²) in [4.78, 5) is 0. The van der Waals surface area contributed by atoms with E-state index in [-0.39, 0.29) is 0 Å². The number of rotatable bonds is 2. The summed E-state index contributed by atoms with van der Waals surface area (Å²) in [6.45, 7) is 2.05. The Balaban J connectivity index is 2.05. The van der Waals surface area contributed by atoms with Crippen LogP contribution in [-0.4, -0.2) is 0 Å². The van der Waals surface area contributed by atoms with Gasteiger partial charge in [0.1, 0.15) is 11.5 Å². The van der Waals surface area contributed by atoms with Gasteiger partial charge in [0.05, 0.1) is 5.02 Å². The predicted octanol–water partition coefficient (Wildman–Crippen LogP) is 7.40. The van der Waals surface area contributed by atoms with Crippen LogP contribution in [0.2, 0.25) is 10.0 Å². The third kappa shape index (κ3) is 2.60. The van der Waals surface area contributed by atoms with Crippen molar-refractivity contribution < 1.29 is 4.74 Å². The van der Waals surface area contributed by atoms with E-state index < -0.39 is 0 Å². The molecular formula is C21H14Cl2O. The first-order chi connectivity index (χ1) is 11.6. The molecular weight excluding hydrogens is 339 g/mol. The molecule has 118 valence electrons. The Kier molecular flexibility index (Phi) is 3.84. The van der Waals surface area contributed by atoms with E-state index in [0.717, 1.165) is 33.0 Å². The third-order valence-corrected chi connectivity index (χ3v) is 4.76. The Morgan fingerprint density at radius 2 is 1.46 bits per heavy atom. The van der Waals surface area contributed by atoms with Crippen LogP contribution in [0.4, 0.5) is 0 Å². The lowest BCUT2D eigenvalue weighted by molar-refractivity contribution is 0.493. The summed E-state index contributed by atoms with van der Waals surface area (Å²) < 4.78 is 6.25. The van der Waals surface area contributed by atoms with E-state index in [1.54, 1.807) is 0 Å². The molecule has 0 bridgehead atoms. The summed E-state index contributed by atoms with van der Waals surface area (Å²) in [5, 5.41) is 5.17. The fourth-order valence-electron chi connectivity index (χ4n) is 2.90. The van der Waals surface area contributed by atoms with E-state index in [2.05, 4.69) is 6.07 Å². The molecule has 0 spiro atoms. The van der Waals surface area contributed by atoms with Gasteiger partial charge in [0, 0.05) is 21.2 Å². The standard InChI is InChI=1S/C21H14Cl2O/c1-13-8-10-15(11-9-13)24-21-16-5-3-6-18(22)17(16)12-14-4-2-7-19(23)20(14)21/h2-12H,1H3. The molecule has 3 heteroatoms. The molecule has 0 N–H and O–H groups in total. The van der Waals surface area contributed by atoms with Crippen molar-refractivity contribution in [1.82, 2.24) is 0 Å². The van der Waals surface area contributed by atoms with Crippen LogP contribution in [0.15, 0.2) is 66.7 Å². The van der Waals surface area contributed by atoms with Crippen molar-refractivity contribution in [3.05, 3.63) is 82.3 Å². The Labute approximate surface area is 150 Å². The fourth-order valence-corrected chi connectivity index (χ4v) is 3.40. The fraction of sp³-hybridized carbons (Fsp3) is 0.0476. The largest absolute Gasteiger partial charge is 0.456 e. The molecule has 0 saturated heterocycles. The van der Waals surface area contributed by atoms with Gasteiger partial charge in [-0.05, 0) is 42.6 Å². The van der Waals surface area contributed by atoms with Gasteiger partial charge in [0.15, 0.2) is 0 Å². The molecule has 0 aromatic heterocycles. The first-order valence-electron chi connectivity index (χ1n) is 7.67. The van der Waals surface area contributed by atoms with Crippen LogP contribution in [0.25, 0.3) is 21.5 Å². The number of halogens is 2. The second kappa shape index (κ2) is 6.01. The van der Waals surface area contributed by atoms with Gasteiger partial charge < -0.3 is 4.74 Å². The van der Waals surface area contributed by atoms with Crippen molar-refractivity contribution >= 4 is 44.7 Å². The predicted molar refractivity (Wildman–Crippen MR) is 103 cm³/mol. The summed E-state index contributed by atoms with van der Waals surface area (Å²) in [7, 11) is 0. The summed E-state index contributed by atoms with van der Waals surface area (Å²) in [6.07, 6.45) is 0. The van der Waals surface area contributed by atoms with Gasteiger partial charge in [0.2, 0.25) is 0 Å². The van der Waals surface area contributed by atoms with Crippen LogP contribution in [-0.2, 0) is 0 Å². The highest BCUT2D eigenvalue weighted by molar-refractivity contribution is 6.39. The minimum absolute atomic E-state index is 0.663. The molecule has 4 aromatic carbocycles. The average Bonchev–Trinajstić information content (AvgIpc) is 2.58. The number of aryl methyl sites for hydroxylation is 1. The summed E-state index contributed by atoms with van der Waals surface area (Å²) in [5.41, 5.74) is 1.19. The van der Waals surface area contributed by atoms with E-state index in [4.69, 9.17) is 27.9 Å². The van der Waals surface area contributed by atoms with Gasteiger partial charge in [-0.3, -0.25) is 0 Å². The Morgan fingerprint density at radius 1 is 0.750 bits per heavy atom. The van der Waals surface area contributed by atoms with Crippen molar-refractivity contribution in [1.29, 1.82) is 0 Å². The molecule has 4 rings (SSSR count). The second-order valence-corrected chi connectivity index (χ2v) is 6.61. The van der Waals surface area contributed by atoms with Gasteiger partial charge in [-0.25, -0.2) is 0 Å². The highest BCUT2D eigenvalue weighted by atomic mass is 35.5. The van der Waals surface area contributed by atoms with Gasteiger partial charge in [-0.2, -0.15) is 0 Å². The monoisotopic (exact) mass is 352 g/mol. The maximum absolute atomic E-state index is 6.48. The SMILES string of the molecule is Cc1ccc(Oc2c3cccc(Cl)c3cc3cccc(Cl)c23)cc1. The maximum Gasteiger partial charge on any atom is 0.144 e. The van der Waals surface area contributed by atoms with Crippen LogP contribution in [0.3, 0.4) is 0 Å². The minimum atomic E-state index is 0.663. The molecule has 0 saturated carbocycles. The Hall–Kier alpha value is -2.22. The molecule has 4 aromatic rings. The topological polar surface area (TPSA) is 9.23 Å². The molecule has 0 aliphatic carbocycles. The Morgan fingerprint density at radius 3 is 2.25 bits per heavy atom. The van der Waals surface area contributed by atoms with E-state index in [1.165, 1.54) is 5.56 Å². The quantitative estimate of drug-likeness (QED) is 0.341. The molecule has 0 atom stereocenters. The van der Waals surface area contributed by atoms with Crippen LogP contribution < -0.4 is 4.74 Å². The highest BCUT2D eigenvalue weighted by Crippen LogP contribution is 2.42. The van der Waals surface area contributed by atoms with E-state index in [1.807, 2.05) is 67.6 Å². The zero-order valence-electron chi connectivity index (χ0n) is 13.0. The van der Waals surface area contributed by atoms with Crippen LogP contribution in [0.5, 0.6) is 11.5 Å². The zero-order chi connectivity index (χ0) is 16.7. The van der Waals surface area contributed by atoms with Crippen LogP contribution in [0, 0.1) is 6.92 Å². The number of hydrogen-bond acceptors (Lipinski definition) is 1. The number of ether oxygens (including phenoxy) is 1. The highest BCUT2D eigenvalue weighted by Gasteiger charge is 2.14. The van der Waals surface area contributed by atoms with E-state index in [0.29, 0.717) is 10.0 Å². The lowest BCUT2D eigenvalue weighted by Crippen LogP contribution is -1.90. The van der Waals surface area contributed by atoms with Crippen molar-refractivity contribution in [3.8, 4) is 11.5 Å². The number of hydrogen-bond donors (Lipinski definition) is 0. The van der Waals surface area contributed by atoms with Gasteiger partial charge >= 0.3 is 0 Å². The van der Waals surface area contributed by atoms with Crippen molar-refractivity contribution in [2.24, 2.45) is 0 Å². The number of benzene rings is 4. The minimum Gasteiger partial charge on any atom is -0.456 e. The van der Waals surface area contributed by atoms with Crippen LogP contribution >= 0.6 is 23.2 Å². The molecule has 0 heterocycles. The van der Waals surface area contributed by atoms with Crippen molar-refractivity contribution in [2.45, 2.75) is 6.92 Å². The summed E-state index contributed by atoms with van der Waals surface area (Å²) >= 11 is 12.9. The van der Waals surface area contributed by atoms with Crippen LogP contribution in [0.1, 0.15) is 5.56 Å². The Bertz CT molecular complexity index is 1050. The van der Waals surface area contributed by atoms with Gasteiger partial charge in [0.25, 0.3) is 0 Å². The average molecular weight is 353 g/mol. The molecule has 0 aliphatic heterocycles. The molecule has 0 radical (unpaired) electrons. The summed E-state index contributed by atoms with van der Waals surface area (Å²) in [6, 6.07) is 21.7. The molecule has 0 fully saturated rings. The maximum atomic E-state index is 6.48. The molecule has 0 aliphatic rings. The summed E-state index contributed by atoms with van der Waals surface area (Å²) in [5.74, 6) is 1.51. The van der Waals surface area contributed by atoms with Crippen molar-refractivity contribution in [2.75, 3.05) is 0 Å². The molecule has 1 nitrogen and oxygen atoms in total. The lowest BCUT2D eigenvalue weighted by atomic mass is 10.0. The lowest BCUT2D eigenvalue weighted by Gasteiger charge is -2.14. The van der Waals surface area contributed by atoms with Gasteiger partial charge in [-0.1, -0.05) is 65.2 Å². The van der Waals surface area contributed by atoms with E-state index in [9.17, 15) is 0 Å². The normalized spacial score (nSPS) is 11.1. The number of fused-ring (bicyclic) bond motifs is 2. The first kappa shape index (κ1) is 15.3. The third-order valence-electron chi connectivity index (χ3n) is 4.11. The van der Waals surface area contributed by atoms with E-state index >= 15 is 0 Å². The zero-order valence-corrected chi connectivity index (χ0v) is 14.5. The smallest absolute Gasteiger partial charge is 0.144 e. The van der Waals surface area contributed by atoms with Gasteiger partial charge in [-0.15, -0.1) is 0 Å².